The first-order valence-corrected chi connectivity index (χ1v) is 10.5. The topological polar surface area (TPSA) is 116 Å². The number of aromatic nitrogens is 2. The SMILES string of the molecule is CS(=O)(=O)c1c(Br)ccc2c1c(=O)c(C(=O)O)nn2-c1ccc(OC(F)(F)F)cc1. The molecule has 0 saturated carbocycles. The van der Waals surface area contributed by atoms with Crippen LogP contribution in [0.25, 0.3) is 16.6 Å². The molecule has 1 aromatic heterocycles. The summed E-state index contributed by atoms with van der Waals surface area (Å²) in [6.07, 6.45) is -4.06. The van der Waals surface area contributed by atoms with Gasteiger partial charge in [0.15, 0.2) is 9.84 Å². The Morgan fingerprint density at radius 3 is 2.27 bits per heavy atom. The monoisotopic (exact) mass is 506 g/mol. The van der Waals surface area contributed by atoms with Gasteiger partial charge in [0, 0.05) is 10.7 Å². The van der Waals surface area contributed by atoms with Gasteiger partial charge in [0.05, 0.1) is 21.5 Å². The van der Waals surface area contributed by atoms with Crippen molar-refractivity contribution in [2.24, 2.45) is 0 Å². The number of hydrogen-bond acceptors (Lipinski definition) is 6. The van der Waals surface area contributed by atoms with E-state index in [1.165, 1.54) is 12.1 Å². The number of alkyl halides is 3. The van der Waals surface area contributed by atoms with E-state index >= 15 is 0 Å². The van der Waals surface area contributed by atoms with Crippen molar-refractivity contribution in [1.82, 2.24) is 9.78 Å². The summed E-state index contributed by atoms with van der Waals surface area (Å²) in [6.45, 7) is 0. The van der Waals surface area contributed by atoms with Crippen LogP contribution in [0.3, 0.4) is 0 Å². The molecule has 30 heavy (non-hydrogen) atoms. The van der Waals surface area contributed by atoms with Gasteiger partial charge in [-0.25, -0.2) is 17.9 Å². The number of carbonyl (C=O) groups is 1. The van der Waals surface area contributed by atoms with Crippen molar-refractivity contribution in [1.29, 1.82) is 0 Å². The maximum atomic E-state index is 12.7. The Labute approximate surface area is 174 Å². The van der Waals surface area contributed by atoms with E-state index < -0.39 is 49.3 Å². The van der Waals surface area contributed by atoms with Crippen LogP contribution < -0.4 is 10.2 Å². The second-order valence-electron chi connectivity index (χ2n) is 5.98. The molecule has 0 amide bonds. The third-order valence-corrected chi connectivity index (χ3v) is 5.94. The molecule has 13 heteroatoms. The van der Waals surface area contributed by atoms with Gasteiger partial charge < -0.3 is 9.84 Å². The molecule has 0 saturated heterocycles. The summed E-state index contributed by atoms with van der Waals surface area (Å²) in [6, 6.07) is 6.88. The zero-order valence-electron chi connectivity index (χ0n) is 14.8. The van der Waals surface area contributed by atoms with E-state index in [9.17, 15) is 36.3 Å². The van der Waals surface area contributed by atoms with Crippen molar-refractivity contribution in [3.05, 3.63) is 56.8 Å². The normalized spacial score (nSPS) is 12.2. The van der Waals surface area contributed by atoms with Crippen molar-refractivity contribution in [2.75, 3.05) is 6.26 Å². The van der Waals surface area contributed by atoms with E-state index in [2.05, 4.69) is 25.8 Å². The van der Waals surface area contributed by atoms with Crippen molar-refractivity contribution in [3.63, 3.8) is 0 Å². The van der Waals surface area contributed by atoms with Crippen molar-refractivity contribution < 1.29 is 36.2 Å². The number of nitrogens with zero attached hydrogens (tertiary/aromatic N) is 2. The standard InChI is InChI=1S/C17H10BrF3N2O6S/c1-30(27,28)15-10(18)6-7-11-12(15)14(24)13(16(25)26)22-23(11)8-2-4-9(5-3-8)29-17(19,20)21/h2-7H,1H3,(H,25,26). The van der Waals surface area contributed by atoms with Crippen LogP contribution in [-0.2, 0) is 9.84 Å². The van der Waals surface area contributed by atoms with Crippen molar-refractivity contribution in [2.45, 2.75) is 11.3 Å². The number of benzene rings is 2. The molecular formula is C17H10BrF3N2O6S. The van der Waals surface area contributed by atoms with Crippen LogP contribution >= 0.6 is 15.9 Å². The molecule has 8 nitrogen and oxygen atoms in total. The van der Waals surface area contributed by atoms with E-state index in [1.807, 2.05) is 0 Å². The number of carboxylic acids is 1. The summed E-state index contributed by atoms with van der Waals surface area (Å²) in [5.41, 5.74) is -2.06. The van der Waals surface area contributed by atoms with Crippen LogP contribution in [0.15, 0.2) is 50.6 Å². The number of aromatic carboxylic acids is 1. The maximum Gasteiger partial charge on any atom is 0.573 e. The molecule has 0 aliphatic rings. The lowest BCUT2D eigenvalue weighted by molar-refractivity contribution is -0.274. The fourth-order valence-corrected chi connectivity index (χ4v) is 4.95. The lowest BCUT2D eigenvalue weighted by Gasteiger charge is -2.15. The first-order valence-electron chi connectivity index (χ1n) is 7.84. The molecule has 0 fully saturated rings. The van der Waals surface area contributed by atoms with Crippen molar-refractivity contribution >= 4 is 42.6 Å². The number of rotatable bonds is 4. The van der Waals surface area contributed by atoms with Gasteiger partial charge in [-0.2, -0.15) is 5.10 Å². The first-order chi connectivity index (χ1) is 13.8. The Morgan fingerprint density at radius 1 is 1.17 bits per heavy atom. The van der Waals surface area contributed by atoms with Crippen LogP contribution in [0.5, 0.6) is 5.75 Å². The summed E-state index contributed by atoms with van der Waals surface area (Å²) >= 11 is 3.05. The van der Waals surface area contributed by atoms with Gasteiger partial charge in [-0.1, -0.05) is 0 Å². The Bertz CT molecular complexity index is 1330. The molecule has 3 rings (SSSR count). The predicted molar refractivity (Wildman–Crippen MR) is 102 cm³/mol. The molecule has 0 atom stereocenters. The highest BCUT2D eigenvalue weighted by molar-refractivity contribution is 9.10. The molecule has 0 aliphatic carbocycles. The molecule has 0 aliphatic heterocycles. The molecule has 1 heterocycles. The lowest BCUT2D eigenvalue weighted by Crippen LogP contribution is -2.24. The number of ether oxygens (including phenoxy) is 1. The van der Waals surface area contributed by atoms with E-state index in [4.69, 9.17) is 0 Å². The Balaban J connectivity index is 2.37. The van der Waals surface area contributed by atoms with Crippen molar-refractivity contribution in [3.8, 4) is 11.4 Å². The molecule has 0 unspecified atom stereocenters. The summed E-state index contributed by atoms with van der Waals surface area (Å²) < 4.78 is 66.3. The number of carboxylic acid groups (broad SMARTS) is 1. The highest BCUT2D eigenvalue weighted by atomic mass is 79.9. The molecule has 0 radical (unpaired) electrons. The minimum atomic E-state index is -4.91. The highest BCUT2D eigenvalue weighted by Crippen LogP contribution is 2.30. The second kappa shape index (κ2) is 7.40. The van der Waals surface area contributed by atoms with Gasteiger partial charge in [-0.05, 0) is 52.3 Å². The maximum absolute atomic E-state index is 12.7. The molecule has 2 aromatic carbocycles. The Morgan fingerprint density at radius 2 is 1.77 bits per heavy atom. The lowest BCUT2D eigenvalue weighted by atomic mass is 10.2. The first kappa shape index (κ1) is 21.8. The van der Waals surface area contributed by atoms with Gasteiger partial charge in [0.1, 0.15) is 5.75 Å². The van der Waals surface area contributed by atoms with E-state index in [-0.39, 0.29) is 15.7 Å². The molecule has 158 valence electrons. The summed E-state index contributed by atoms with van der Waals surface area (Å²) in [7, 11) is -3.98. The number of sulfone groups is 1. The smallest absolute Gasteiger partial charge is 0.476 e. The predicted octanol–water partition coefficient (Wildman–Crippen LogP) is 3.15. The Hall–Kier alpha value is -2.93. The minimum absolute atomic E-state index is 0.0395. The third kappa shape index (κ3) is 4.16. The highest BCUT2D eigenvalue weighted by Gasteiger charge is 2.31. The third-order valence-electron chi connectivity index (χ3n) is 3.85. The van der Waals surface area contributed by atoms with Crippen LogP contribution in [0.2, 0.25) is 0 Å². The fourth-order valence-electron chi connectivity index (χ4n) is 2.75. The average Bonchev–Trinajstić information content (AvgIpc) is 2.60. The quantitative estimate of drug-likeness (QED) is 0.577. The van der Waals surface area contributed by atoms with Gasteiger partial charge in [0.25, 0.3) is 0 Å². The van der Waals surface area contributed by atoms with Gasteiger partial charge in [-0.3, -0.25) is 4.79 Å². The number of hydrogen-bond donors (Lipinski definition) is 1. The van der Waals surface area contributed by atoms with Gasteiger partial charge in [0.2, 0.25) is 11.1 Å². The summed E-state index contributed by atoms with van der Waals surface area (Å²) in [5.74, 6) is -2.23. The molecule has 0 bridgehead atoms. The Kier molecular flexibility index (Phi) is 5.37. The second-order valence-corrected chi connectivity index (χ2v) is 8.79. The molecule has 1 N–H and O–H groups in total. The zero-order valence-corrected chi connectivity index (χ0v) is 17.2. The number of halogens is 4. The van der Waals surface area contributed by atoms with Crippen LogP contribution in [0, 0.1) is 0 Å². The molecule has 3 aromatic rings. The van der Waals surface area contributed by atoms with Crippen LogP contribution in [0.1, 0.15) is 10.5 Å². The summed E-state index contributed by atoms with van der Waals surface area (Å²) in [4.78, 5) is 23.8. The van der Waals surface area contributed by atoms with Gasteiger partial charge >= 0.3 is 12.3 Å². The zero-order chi connectivity index (χ0) is 22.4. The number of fused-ring (bicyclic) bond motifs is 1. The van der Waals surface area contributed by atoms with Crippen LogP contribution in [-0.4, -0.2) is 41.9 Å². The van der Waals surface area contributed by atoms with Crippen LogP contribution in [0.4, 0.5) is 13.2 Å². The molecular weight excluding hydrogens is 497 g/mol. The molecule has 0 spiro atoms. The van der Waals surface area contributed by atoms with E-state index in [0.29, 0.717) is 0 Å². The van der Waals surface area contributed by atoms with E-state index in [1.54, 1.807) is 0 Å². The van der Waals surface area contributed by atoms with E-state index in [0.717, 1.165) is 35.2 Å². The van der Waals surface area contributed by atoms with Gasteiger partial charge in [-0.15, -0.1) is 13.2 Å². The summed E-state index contributed by atoms with van der Waals surface area (Å²) in [5, 5.41) is 12.7. The largest absolute Gasteiger partial charge is 0.573 e. The fraction of sp³-hybridized carbons (Fsp3) is 0.118. The minimum Gasteiger partial charge on any atom is -0.476 e. The average molecular weight is 507 g/mol.